The van der Waals surface area contributed by atoms with E-state index in [1.807, 2.05) is 26.8 Å². The quantitative estimate of drug-likeness (QED) is 0.548. The van der Waals surface area contributed by atoms with E-state index in [9.17, 15) is 9.59 Å². The molecule has 3 aromatic rings. The third-order valence-electron chi connectivity index (χ3n) is 4.03. The second kappa shape index (κ2) is 9.13. The van der Waals surface area contributed by atoms with Gasteiger partial charge in [0, 0.05) is 41.4 Å². The predicted octanol–water partition coefficient (Wildman–Crippen LogP) is 4.37. The van der Waals surface area contributed by atoms with E-state index in [1.54, 1.807) is 42.6 Å². The van der Waals surface area contributed by atoms with Crippen LogP contribution >= 0.6 is 0 Å². The summed E-state index contributed by atoms with van der Waals surface area (Å²) >= 11 is 0. The normalized spacial score (nSPS) is 10.6. The summed E-state index contributed by atoms with van der Waals surface area (Å²) in [6.45, 7) is 7.41. The number of carbonyl (C=O) groups excluding carboxylic acids is 2. The average molecular weight is 417 g/mol. The molecule has 0 aliphatic carbocycles. The molecule has 0 saturated heterocycles. The van der Waals surface area contributed by atoms with Crippen molar-refractivity contribution in [3.63, 3.8) is 0 Å². The van der Waals surface area contributed by atoms with Gasteiger partial charge in [0.05, 0.1) is 0 Å². The first-order valence-corrected chi connectivity index (χ1v) is 9.60. The third kappa shape index (κ3) is 6.44. The maximum Gasteiger partial charge on any atom is 0.324 e. The first-order valence-electron chi connectivity index (χ1n) is 9.60. The molecule has 0 fully saturated rings. The molecular weight excluding hydrogens is 394 g/mol. The van der Waals surface area contributed by atoms with Crippen LogP contribution in [0.15, 0.2) is 53.2 Å². The van der Waals surface area contributed by atoms with Gasteiger partial charge < -0.3 is 15.2 Å². The van der Waals surface area contributed by atoms with Gasteiger partial charge in [0.2, 0.25) is 5.91 Å². The molecule has 0 radical (unpaired) electrons. The van der Waals surface area contributed by atoms with E-state index in [0.717, 1.165) is 5.56 Å². The number of amides is 3. The zero-order chi connectivity index (χ0) is 22.4. The lowest BCUT2D eigenvalue weighted by molar-refractivity contribution is -0.114. The molecule has 2 aromatic heterocycles. The van der Waals surface area contributed by atoms with E-state index in [0.29, 0.717) is 28.6 Å². The lowest BCUT2D eigenvalue weighted by Gasteiger charge is -2.12. The minimum atomic E-state index is -0.434. The first-order chi connectivity index (χ1) is 14.7. The molecule has 31 heavy (non-hydrogen) atoms. The molecule has 8 heteroatoms. The molecule has 0 aliphatic heterocycles. The standard InChI is InChI=1S/C23H23N5O3/c1-15(29)25-20-11-10-17(14-24-20)9-8-16-6-5-7-18(12-16)26-22(30)27-21-13-19(31-28-21)23(2,3)4/h5-7,10-14H,1-4H3,(H,24,25,29)(H2,26,27,28,30). The van der Waals surface area contributed by atoms with Gasteiger partial charge >= 0.3 is 6.03 Å². The van der Waals surface area contributed by atoms with Crippen molar-refractivity contribution in [2.45, 2.75) is 33.1 Å². The van der Waals surface area contributed by atoms with Crippen LogP contribution in [0, 0.1) is 11.8 Å². The number of carbonyl (C=O) groups is 2. The van der Waals surface area contributed by atoms with Crippen LogP contribution in [0.3, 0.4) is 0 Å². The Morgan fingerprint density at radius 2 is 1.71 bits per heavy atom. The molecule has 0 atom stereocenters. The zero-order valence-electron chi connectivity index (χ0n) is 17.7. The molecule has 0 unspecified atom stereocenters. The van der Waals surface area contributed by atoms with E-state index in [2.05, 4.69) is 37.9 Å². The predicted molar refractivity (Wildman–Crippen MR) is 119 cm³/mol. The Labute approximate surface area is 180 Å². The number of pyridine rings is 1. The van der Waals surface area contributed by atoms with Crippen molar-refractivity contribution in [3.8, 4) is 11.8 Å². The number of hydrogen-bond donors (Lipinski definition) is 3. The fraction of sp³-hybridized carbons (Fsp3) is 0.217. The van der Waals surface area contributed by atoms with Gasteiger partial charge in [-0.1, -0.05) is 43.8 Å². The zero-order valence-corrected chi connectivity index (χ0v) is 17.7. The Hall–Kier alpha value is -4.12. The number of hydrogen-bond acceptors (Lipinski definition) is 5. The smallest absolute Gasteiger partial charge is 0.324 e. The van der Waals surface area contributed by atoms with Gasteiger partial charge in [0.15, 0.2) is 5.82 Å². The largest absolute Gasteiger partial charge is 0.359 e. The summed E-state index contributed by atoms with van der Waals surface area (Å²) in [5, 5.41) is 11.9. The minimum Gasteiger partial charge on any atom is -0.359 e. The molecule has 0 saturated carbocycles. The summed E-state index contributed by atoms with van der Waals surface area (Å²) in [7, 11) is 0. The van der Waals surface area contributed by atoms with Crippen LogP contribution in [0.5, 0.6) is 0 Å². The molecule has 2 heterocycles. The van der Waals surface area contributed by atoms with E-state index in [-0.39, 0.29) is 11.3 Å². The van der Waals surface area contributed by atoms with Crippen LogP contribution in [0.25, 0.3) is 0 Å². The molecule has 0 bridgehead atoms. The molecule has 158 valence electrons. The summed E-state index contributed by atoms with van der Waals surface area (Å²) in [6.07, 6.45) is 1.58. The highest BCUT2D eigenvalue weighted by Crippen LogP contribution is 2.24. The first kappa shape index (κ1) is 21.6. The van der Waals surface area contributed by atoms with Crippen LogP contribution in [0.2, 0.25) is 0 Å². The Morgan fingerprint density at radius 3 is 2.35 bits per heavy atom. The van der Waals surface area contributed by atoms with E-state index < -0.39 is 6.03 Å². The van der Waals surface area contributed by atoms with E-state index in [1.165, 1.54) is 6.92 Å². The molecule has 3 amide bonds. The van der Waals surface area contributed by atoms with Crippen molar-refractivity contribution in [1.29, 1.82) is 0 Å². The Kier molecular flexibility index (Phi) is 6.36. The topological polar surface area (TPSA) is 109 Å². The van der Waals surface area contributed by atoms with Gasteiger partial charge in [0.25, 0.3) is 0 Å². The van der Waals surface area contributed by atoms with Gasteiger partial charge in [-0.2, -0.15) is 0 Å². The molecule has 1 aromatic carbocycles. The number of benzene rings is 1. The van der Waals surface area contributed by atoms with Gasteiger partial charge in [0.1, 0.15) is 11.6 Å². The molecule has 0 spiro atoms. The van der Waals surface area contributed by atoms with Gasteiger partial charge in [-0.25, -0.2) is 9.78 Å². The van der Waals surface area contributed by atoms with Crippen LogP contribution in [0.4, 0.5) is 22.1 Å². The number of nitrogens with one attached hydrogen (secondary N) is 3. The van der Waals surface area contributed by atoms with Crippen molar-refractivity contribution < 1.29 is 14.1 Å². The van der Waals surface area contributed by atoms with Gasteiger partial charge in [-0.15, -0.1) is 0 Å². The monoisotopic (exact) mass is 417 g/mol. The molecule has 3 rings (SSSR count). The average Bonchev–Trinajstić information content (AvgIpc) is 3.16. The second-order valence-corrected chi connectivity index (χ2v) is 7.85. The van der Waals surface area contributed by atoms with Crippen molar-refractivity contribution in [3.05, 3.63) is 65.5 Å². The molecule has 3 N–H and O–H groups in total. The van der Waals surface area contributed by atoms with Crippen molar-refractivity contribution in [2.75, 3.05) is 16.0 Å². The Morgan fingerprint density at radius 1 is 0.935 bits per heavy atom. The number of anilines is 3. The summed E-state index contributed by atoms with van der Waals surface area (Å²) in [5.41, 5.74) is 1.81. The maximum atomic E-state index is 12.3. The SMILES string of the molecule is CC(=O)Nc1ccc(C#Cc2cccc(NC(=O)Nc3cc(C(C)(C)C)on3)c2)cn1. The van der Waals surface area contributed by atoms with Crippen molar-refractivity contribution >= 4 is 29.3 Å². The highest BCUT2D eigenvalue weighted by molar-refractivity contribution is 5.99. The summed E-state index contributed by atoms with van der Waals surface area (Å²) in [5.74, 6) is 7.34. The van der Waals surface area contributed by atoms with Crippen LogP contribution in [-0.4, -0.2) is 22.1 Å². The lowest BCUT2D eigenvalue weighted by atomic mass is 9.93. The Balaban J connectivity index is 1.63. The fourth-order valence-corrected chi connectivity index (χ4v) is 2.51. The van der Waals surface area contributed by atoms with Crippen LogP contribution in [-0.2, 0) is 10.2 Å². The van der Waals surface area contributed by atoms with E-state index >= 15 is 0 Å². The van der Waals surface area contributed by atoms with Crippen LogP contribution in [0.1, 0.15) is 44.6 Å². The number of urea groups is 1. The third-order valence-corrected chi connectivity index (χ3v) is 4.03. The second-order valence-electron chi connectivity index (χ2n) is 7.85. The summed E-state index contributed by atoms with van der Waals surface area (Å²) < 4.78 is 5.26. The molecule has 8 nitrogen and oxygen atoms in total. The highest BCUT2D eigenvalue weighted by atomic mass is 16.5. The Bertz CT molecular complexity index is 1150. The highest BCUT2D eigenvalue weighted by Gasteiger charge is 2.20. The van der Waals surface area contributed by atoms with Gasteiger partial charge in [-0.3, -0.25) is 10.1 Å². The maximum absolute atomic E-state index is 12.3. The number of aromatic nitrogens is 2. The van der Waals surface area contributed by atoms with Gasteiger partial charge in [-0.05, 0) is 30.3 Å². The van der Waals surface area contributed by atoms with Crippen molar-refractivity contribution in [2.24, 2.45) is 0 Å². The number of nitrogens with zero attached hydrogens (tertiary/aromatic N) is 2. The summed E-state index contributed by atoms with van der Waals surface area (Å²) in [6, 6.07) is 11.9. The van der Waals surface area contributed by atoms with E-state index in [4.69, 9.17) is 4.52 Å². The molecular formula is C23H23N5O3. The minimum absolute atomic E-state index is 0.183. The fourth-order valence-electron chi connectivity index (χ4n) is 2.51. The summed E-state index contributed by atoms with van der Waals surface area (Å²) in [4.78, 5) is 27.4. The number of rotatable bonds is 3. The molecule has 0 aliphatic rings. The lowest BCUT2D eigenvalue weighted by Crippen LogP contribution is -2.19. The van der Waals surface area contributed by atoms with Crippen molar-refractivity contribution in [1.82, 2.24) is 10.1 Å². The van der Waals surface area contributed by atoms with Crippen LogP contribution < -0.4 is 16.0 Å².